The van der Waals surface area contributed by atoms with Crippen molar-refractivity contribution >= 4 is 28.4 Å². The highest BCUT2D eigenvalue weighted by Crippen LogP contribution is 2.28. The quantitative estimate of drug-likeness (QED) is 0.519. The number of hydrogen-bond acceptors (Lipinski definition) is 5. The van der Waals surface area contributed by atoms with E-state index >= 15 is 0 Å². The Morgan fingerprint density at radius 3 is 2.65 bits per heavy atom. The van der Waals surface area contributed by atoms with Crippen LogP contribution in [-0.4, -0.2) is 43.4 Å². The van der Waals surface area contributed by atoms with Gasteiger partial charge in [-0.2, -0.15) is 10.2 Å². The molecule has 9 heteroatoms. The van der Waals surface area contributed by atoms with E-state index in [1.54, 1.807) is 25.5 Å². The predicted octanol–water partition coefficient (Wildman–Crippen LogP) is 2.77. The van der Waals surface area contributed by atoms with Crippen molar-refractivity contribution in [3.05, 3.63) is 59.7 Å². The fraction of sp³-hybridized carbons (Fsp3) is 0.227. The van der Waals surface area contributed by atoms with Gasteiger partial charge in [-0.25, -0.2) is 4.98 Å². The standard InChI is InChI=1S/C22H23N7O2/c1-5-29-13(2)16(11-24-29)18-10-15(14-8-6-7-9-17(14)25-18)21(30)26-19-12-28(4)27-20(19)22(31)23-3/h6-12H,5H2,1-4H3,(H,23,31)(H,26,30). The Morgan fingerprint density at radius 2 is 1.94 bits per heavy atom. The number of hydrogen-bond donors (Lipinski definition) is 2. The number of carbonyl (C=O) groups is 2. The van der Waals surface area contributed by atoms with Crippen LogP contribution in [0.5, 0.6) is 0 Å². The molecular weight excluding hydrogens is 394 g/mol. The maximum absolute atomic E-state index is 13.3. The molecule has 2 amide bonds. The molecule has 0 bridgehead atoms. The molecule has 3 heterocycles. The van der Waals surface area contributed by atoms with Crippen LogP contribution in [0.3, 0.4) is 0 Å². The molecule has 0 aliphatic rings. The van der Waals surface area contributed by atoms with Crippen LogP contribution in [0.1, 0.15) is 33.5 Å². The first-order chi connectivity index (χ1) is 14.9. The molecule has 0 unspecified atom stereocenters. The number of aryl methyl sites for hydroxylation is 2. The minimum absolute atomic E-state index is 0.150. The number of pyridine rings is 1. The number of benzene rings is 1. The van der Waals surface area contributed by atoms with Gasteiger partial charge in [-0.1, -0.05) is 18.2 Å². The fourth-order valence-electron chi connectivity index (χ4n) is 3.57. The third-order valence-corrected chi connectivity index (χ3v) is 5.16. The van der Waals surface area contributed by atoms with E-state index in [9.17, 15) is 9.59 Å². The molecule has 2 N–H and O–H groups in total. The van der Waals surface area contributed by atoms with Crippen molar-refractivity contribution in [3.63, 3.8) is 0 Å². The third-order valence-electron chi connectivity index (χ3n) is 5.16. The number of nitrogens with one attached hydrogen (secondary N) is 2. The lowest BCUT2D eigenvalue weighted by atomic mass is 10.0. The SMILES string of the molecule is CCn1ncc(-c2cc(C(=O)Nc3cn(C)nc3C(=O)NC)c3ccccc3n2)c1C. The van der Waals surface area contributed by atoms with E-state index in [1.807, 2.05) is 42.8 Å². The number of anilines is 1. The molecule has 0 saturated carbocycles. The van der Waals surface area contributed by atoms with Crippen LogP contribution in [0.4, 0.5) is 5.69 Å². The van der Waals surface area contributed by atoms with Gasteiger partial charge in [0.25, 0.3) is 11.8 Å². The van der Waals surface area contributed by atoms with Gasteiger partial charge in [0.1, 0.15) is 0 Å². The second-order valence-electron chi connectivity index (χ2n) is 7.13. The van der Waals surface area contributed by atoms with E-state index in [1.165, 1.54) is 11.7 Å². The number of aromatic nitrogens is 5. The van der Waals surface area contributed by atoms with Crippen LogP contribution in [-0.2, 0) is 13.6 Å². The highest BCUT2D eigenvalue weighted by molar-refractivity contribution is 6.14. The minimum atomic E-state index is -0.376. The molecule has 4 aromatic rings. The molecule has 0 aliphatic carbocycles. The van der Waals surface area contributed by atoms with Crippen LogP contribution >= 0.6 is 0 Å². The van der Waals surface area contributed by atoms with Crippen molar-refractivity contribution in [1.82, 2.24) is 29.9 Å². The molecule has 0 atom stereocenters. The summed E-state index contributed by atoms with van der Waals surface area (Å²) < 4.78 is 3.37. The minimum Gasteiger partial charge on any atom is -0.354 e. The number of rotatable bonds is 5. The predicted molar refractivity (Wildman–Crippen MR) is 118 cm³/mol. The zero-order valence-electron chi connectivity index (χ0n) is 17.8. The van der Waals surface area contributed by atoms with Crippen molar-refractivity contribution in [2.24, 2.45) is 7.05 Å². The van der Waals surface area contributed by atoms with Crippen molar-refractivity contribution in [3.8, 4) is 11.3 Å². The van der Waals surface area contributed by atoms with Gasteiger partial charge >= 0.3 is 0 Å². The van der Waals surface area contributed by atoms with Gasteiger partial charge in [0.2, 0.25) is 0 Å². The normalized spacial score (nSPS) is 11.0. The average Bonchev–Trinajstić information content (AvgIpc) is 3.33. The van der Waals surface area contributed by atoms with Gasteiger partial charge in [-0.15, -0.1) is 0 Å². The zero-order valence-corrected chi connectivity index (χ0v) is 17.8. The summed E-state index contributed by atoms with van der Waals surface area (Å²) in [6.07, 6.45) is 3.37. The summed E-state index contributed by atoms with van der Waals surface area (Å²) in [6, 6.07) is 9.23. The summed E-state index contributed by atoms with van der Waals surface area (Å²) in [6.45, 7) is 4.75. The Morgan fingerprint density at radius 1 is 1.16 bits per heavy atom. The summed E-state index contributed by atoms with van der Waals surface area (Å²) in [4.78, 5) is 30.2. The first kappa shape index (κ1) is 20.3. The van der Waals surface area contributed by atoms with Gasteiger partial charge < -0.3 is 10.6 Å². The average molecular weight is 417 g/mol. The van der Waals surface area contributed by atoms with Crippen LogP contribution in [0, 0.1) is 6.92 Å². The van der Waals surface area contributed by atoms with Gasteiger partial charge in [-0.05, 0) is 26.0 Å². The lowest BCUT2D eigenvalue weighted by Gasteiger charge is -2.10. The largest absolute Gasteiger partial charge is 0.354 e. The Kier molecular flexibility index (Phi) is 5.24. The molecule has 3 aromatic heterocycles. The molecule has 0 aliphatic heterocycles. The second-order valence-corrected chi connectivity index (χ2v) is 7.13. The van der Waals surface area contributed by atoms with Crippen molar-refractivity contribution in [2.45, 2.75) is 20.4 Å². The monoisotopic (exact) mass is 417 g/mol. The van der Waals surface area contributed by atoms with Gasteiger partial charge in [-0.3, -0.25) is 19.0 Å². The molecule has 31 heavy (non-hydrogen) atoms. The number of para-hydroxylation sites is 1. The van der Waals surface area contributed by atoms with E-state index in [4.69, 9.17) is 4.98 Å². The summed E-state index contributed by atoms with van der Waals surface area (Å²) >= 11 is 0. The van der Waals surface area contributed by atoms with E-state index in [2.05, 4.69) is 20.8 Å². The lowest BCUT2D eigenvalue weighted by Crippen LogP contribution is -2.21. The maximum Gasteiger partial charge on any atom is 0.273 e. The van der Waals surface area contributed by atoms with E-state index in [-0.39, 0.29) is 17.5 Å². The first-order valence-electron chi connectivity index (χ1n) is 9.92. The van der Waals surface area contributed by atoms with Crippen LogP contribution < -0.4 is 10.6 Å². The zero-order chi connectivity index (χ0) is 22.1. The molecular formula is C22H23N7O2. The summed E-state index contributed by atoms with van der Waals surface area (Å²) in [5.41, 5.74) is 4.15. The van der Waals surface area contributed by atoms with Gasteiger partial charge in [0.05, 0.1) is 28.7 Å². The second kappa shape index (κ2) is 8.02. The Labute approximate surface area is 179 Å². The first-order valence-corrected chi connectivity index (χ1v) is 9.92. The lowest BCUT2D eigenvalue weighted by molar-refractivity contribution is 0.0958. The number of amides is 2. The van der Waals surface area contributed by atoms with Gasteiger partial charge in [0, 0.05) is 43.5 Å². The Bertz CT molecular complexity index is 1300. The van der Waals surface area contributed by atoms with Crippen LogP contribution in [0.2, 0.25) is 0 Å². The summed E-state index contributed by atoms with van der Waals surface area (Å²) in [5, 5.41) is 14.6. The fourth-order valence-corrected chi connectivity index (χ4v) is 3.57. The Hall–Kier alpha value is -4.01. The number of carbonyl (C=O) groups excluding carboxylic acids is 2. The third kappa shape index (κ3) is 3.65. The topological polar surface area (TPSA) is 107 Å². The summed E-state index contributed by atoms with van der Waals surface area (Å²) in [7, 11) is 3.21. The van der Waals surface area contributed by atoms with Crippen LogP contribution in [0.15, 0.2) is 42.7 Å². The van der Waals surface area contributed by atoms with Crippen molar-refractivity contribution < 1.29 is 9.59 Å². The molecule has 158 valence electrons. The molecule has 4 rings (SSSR count). The van der Waals surface area contributed by atoms with Crippen LogP contribution in [0.25, 0.3) is 22.2 Å². The van der Waals surface area contributed by atoms with E-state index in [0.717, 1.165) is 23.2 Å². The molecule has 0 saturated heterocycles. The van der Waals surface area contributed by atoms with Crippen molar-refractivity contribution in [2.75, 3.05) is 12.4 Å². The summed E-state index contributed by atoms with van der Waals surface area (Å²) in [5.74, 6) is -0.725. The number of fused-ring (bicyclic) bond motifs is 1. The molecule has 9 nitrogen and oxygen atoms in total. The molecule has 0 spiro atoms. The molecule has 0 radical (unpaired) electrons. The van der Waals surface area contributed by atoms with Crippen molar-refractivity contribution in [1.29, 1.82) is 0 Å². The van der Waals surface area contributed by atoms with Gasteiger partial charge in [0.15, 0.2) is 5.69 Å². The highest BCUT2D eigenvalue weighted by atomic mass is 16.2. The van der Waals surface area contributed by atoms with E-state index < -0.39 is 0 Å². The van der Waals surface area contributed by atoms with E-state index in [0.29, 0.717) is 22.5 Å². The maximum atomic E-state index is 13.3. The molecule has 0 fully saturated rings. The number of nitrogens with zero attached hydrogens (tertiary/aromatic N) is 5. The Balaban J connectivity index is 1.81. The smallest absolute Gasteiger partial charge is 0.273 e. The highest BCUT2D eigenvalue weighted by Gasteiger charge is 2.20. The molecule has 1 aromatic carbocycles.